The summed E-state index contributed by atoms with van der Waals surface area (Å²) in [6, 6.07) is 7.65. The van der Waals surface area contributed by atoms with E-state index in [1.165, 1.54) is 7.11 Å². The van der Waals surface area contributed by atoms with E-state index < -0.39 is 30.4 Å². The Kier molecular flexibility index (Phi) is 8.61. The smallest absolute Gasteiger partial charge is 0.348 e. The normalized spacial score (nSPS) is 13.2. The number of carbonyl (C=O) groups excluding carboxylic acids is 4. The molecule has 1 amide bonds. The van der Waals surface area contributed by atoms with Crippen molar-refractivity contribution in [3.63, 3.8) is 0 Å². The predicted octanol–water partition coefficient (Wildman–Crippen LogP) is 4.13. The summed E-state index contributed by atoms with van der Waals surface area (Å²) in [5.41, 5.74) is 3.13. The van der Waals surface area contributed by atoms with Crippen molar-refractivity contribution in [3.8, 4) is 0 Å². The van der Waals surface area contributed by atoms with Crippen LogP contribution in [0.25, 0.3) is 10.9 Å². The van der Waals surface area contributed by atoms with Gasteiger partial charge in [0.05, 0.1) is 30.4 Å². The molecule has 1 aliphatic rings. The zero-order valence-electron chi connectivity index (χ0n) is 22.6. The maximum Gasteiger partial charge on any atom is 0.348 e. The van der Waals surface area contributed by atoms with Crippen LogP contribution in [0.5, 0.6) is 0 Å². The van der Waals surface area contributed by atoms with Gasteiger partial charge < -0.3 is 19.5 Å². The molecule has 0 atom stereocenters. The van der Waals surface area contributed by atoms with Crippen LogP contribution in [0.3, 0.4) is 0 Å². The maximum atomic E-state index is 13.4. The van der Waals surface area contributed by atoms with Crippen LogP contribution in [0.2, 0.25) is 0 Å². The molecule has 0 saturated heterocycles. The molecular weight excluding hydrogens is 522 g/mol. The molecule has 0 saturated carbocycles. The van der Waals surface area contributed by atoms with Crippen molar-refractivity contribution in [1.82, 2.24) is 9.88 Å². The minimum Gasteiger partial charge on any atom is -0.465 e. The van der Waals surface area contributed by atoms with Crippen LogP contribution >= 0.6 is 11.3 Å². The van der Waals surface area contributed by atoms with E-state index in [-0.39, 0.29) is 28.1 Å². The maximum absolute atomic E-state index is 13.4. The standard InChI is InChI=1S/C28H31N3O7S/c1-6-37-28(35)24-16(4)22(26(33)36-5)25(39-24)30-21(32)14-38-27(34)23-17-9-7-8-10-19(17)29-20-11-12-31(15(2)3)13-18(20)23/h7-10,15H,6,11-14H2,1-5H3,(H,30,32). The van der Waals surface area contributed by atoms with Crippen LogP contribution in [-0.4, -0.2) is 66.6 Å². The molecule has 0 fully saturated rings. The summed E-state index contributed by atoms with van der Waals surface area (Å²) >= 11 is 0.899. The van der Waals surface area contributed by atoms with Crippen molar-refractivity contribution in [1.29, 1.82) is 0 Å². The molecule has 1 N–H and O–H groups in total. The lowest BCUT2D eigenvalue weighted by Crippen LogP contribution is -2.37. The Morgan fingerprint density at radius 1 is 1.08 bits per heavy atom. The highest BCUT2D eigenvalue weighted by molar-refractivity contribution is 7.18. The molecule has 0 spiro atoms. The molecule has 3 heterocycles. The van der Waals surface area contributed by atoms with Crippen molar-refractivity contribution in [3.05, 3.63) is 57.1 Å². The number of esters is 3. The summed E-state index contributed by atoms with van der Waals surface area (Å²) in [6.45, 7) is 8.39. The number of nitrogens with one attached hydrogen (secondary N) is 1. The SMILES string of the molecule is CCOC(=O)c1sc(NC(=O)COC(=O)c2c3c(nc4ccccc24)CCN(C(C)C)C3)c(C(=O)OC)c1C. The van der Waals surface area contributed by atoms with Gasteiger partial charge >= 0.3 is 17.9 Å². The van der Waals surface area contributed by atoms with E-state index in [4.69, 9.17) is 19.2 Å². The fourth-order valence-electron chi connectivity index (χ4n) is 4.59. The first-order valence-electron chi connectivity index (χ1n) is 12.7. The minimum absolute atomic E-state index is 0.0493. The first-order valence-corrected chi connectivity index (χ1v) is 13.5. The van der Waals surface area contributed by atoms with E-state index in [1.807, 2.05) is 24.3 Å². The fraction of sp³-hybridized carbons (Fsp3) is 0.393. The van der Waals surface area contributed by atoms with Crippen LogP contribution in [0.1, 0.15) is 68.0 Å². The Morgan fingerprint density at radius 2 is 1.82 bits per heavy atom. The van der Waals surface area contributed by atoms with E-state index >= 15 is 0 Å². The van der Waals surface area contributed by atoms with E-state index in [0.717, 1.165) is 29.1 Å². The third-order valence-electron chi connectivity index (χ3n) is 6.59. The molecule has 0 bridgehead atoms. The predicted molar refractivity (Wildman–Crippen MR) is 146 cm³/mol. The molecule has 1 aliphatic heterocycles. The minimum atomic E-state index is -0.712. The highest BCUT2D eigenvalue weighted by atomic mass is 32.1. The summed E-state index contributed by atoms with van der Waals surface area (Å²) in [4.78, 5) is 58.2. The molecule has 2 aromatic heterocycles. The van der Waals surface area contributed by atoms with Crippen LogP contribution in [0.15, 0.2) is 24.3 Å². The molecule has 206 valence electrons. The first kappa shape index (κ1) is 28.2. The molecule has 39 heavy (non-hydrogen) atoms. The molecule has 11 heteroatoms. The number of fused-ring (bicyclic) bond motifs is 2. The summed E-state index contributed by atoms with van der Waals surface area (Å²) in [7, 11) is 1.21. The third kappa shape index (κ3) is 5.79. The van der Waals surface area contributed by atoms with Crippen LogP contribution in [0, 0.1) is 6.92 Å². The molecule has 3 aromatic rings. The lowest BCUT2D eigenvalue weighted by molar-refractivity contribution is -0.119. The van der Waals surface area contributed by atoms with Crippen LogP contribution in [-0.2, 0) is 32.0 Å². The van der Waals surface area contributed by atoms with Gasteiger partial charge in [-0.05, 0) is 39.3 Å². The quantitative estimate of drug-likeness (QED) is 0.324. The second-order valence-corrected chi connectivity index (χ2v) is 10.4. The average molecular weight is 554 g/mol. The molecule has 10 nitrogen and oxygen atoms in total. The summed E-state index contributed by atoms with van der Waals surface area (Å²) < 4.78 is 15.4. The van der Waals surface area contributed by atoms with Gasteiger partial charge in [0.15, 0.2) is 6.61 Å². The number of anilines is 1. The summed E-state index contributed by atoms with van der Waals surface area (Å²) in [6.07, 6.45) is 0.704. The van der Waals surface area contributed by atoms with Gasteiger partial charge in [-0.25, -0.2) is 14.4 Å². The number of amides is 1. The van der Waals surface area contributed by atoms with Gasteiger partial charge in [0.1, 0.15) is 9.88 Å². The van der Waals surface area contributed by atoms with E-state index in [2.05, 4.69) is 24.1 Å². The first-order chi connectivity index (χ1) is 18.7. The number of pyridine rings is 1. The Bertz CT molecular complexity index is 1450. The zero-order chi connectivity index (χ0) is 28.3. The number of hydrogen-bond acceptors (Lipinski definition) is 10. The number of carbonyl (C=O) groups is 4. The Hall–Kier alpha value is -3.83. The monoisotopic (exact) mass is 553 g/mol. The lowest BCUT2D eigenvalue weighted by atomic mass is 9.95. The number of thiophene rings is 1. The molecule has 4 rings (SSSR count). The van der Waals surface area contributed by atoms with Crippen LogP contribution in [0.4, 0.5) is 5.00 Å². The molecule has 0 unspecified atom stereocenters. The van der Waals surface area contributed by atoms with Gasteiger partial charge in [-0.1, -0.05) is 18.2 Å². The van der Waals surface area contributed by atoms with Crippen molar-refractivity contribution in [2.45, 2.75) is 46.7 Å². The van der Waals surface area contributed by atoms with Crippen molar-refractivity contribution < 1.29 is 33.4 Å². The van der Waals surface area contributed by atoms with Crippen molar-refractivity contribution in [2.24, 2.45) is 0 Å². The van der Waals surface area contributed by atoms with Crippen molar-refractivity contribution >= 4 is 51.1 Å². The highest BCUT2D eigenvalue weighted by Gasteiger charge is 2.29. The number of benzene rings is 1. The van der Waals surface area contributed by atoms with Gasteiger partial charge in [-0.3, -0.25) is 14.7 Å². The molecule has 0 aliphatic carbocycles. The highest BCUT2D eigenvalue weighted by Crippen LogP contribution is 2.34. The number of methoxy groups -OCH3 is 1. The second-order valence-electron chi connectivity index (χ2n) is 9.34. The Balaban J connectivity index is 1.58. The molecule has 0 radical (unpaired) electrons. The lowest BCUT2D eigenvalue weighted by Gasteiger charge is -2.32. The Labute approximate surface area is 230 Å². The Morgan fingerprint density at radius 3 is 2.51 bits per heavy atom. The zero-order valence-corrected chi connectivity index (χ0v) is 23.4. The number of ether oxygens (including phenoxy) is 3. The van der Waals surface area contributed by atoms with E-state index in [0.29, 0.717) is 35.0 Å². The van der Waals surface area contributed by atoms with Gasteiger partial charge in [0, 0.05) is 42.2 Å². The topological polar surface area (TPSA) is 124 Å². The van der Waals surface area contributed by atoms with E-state index in [1.54, 1.807) is 13.8 Å². The molecular formula is C28H31N3O7S. The molecule has 1 aromatic carbocycles. The number of rotatable bonds is 8. The second kappa shape index (κ2) is 11.9. The van der Waals surface area contributed by atoms with E-state index in [9.17, 15) is 19.2 Å². The average Bonchev–Trinajstić information content (AvgIpc) is 3.24. The number of nitrogens with zero attached hydrogens (tertiary/aromatic N) is 2. The largest absolute Gasteiger partial charge is 0.465 e. The van der Waals surface area contributed by atoms with Gasteiger partial charge in [0.25, 0.3) is 5.91 Å². The van der Waals surface area contributed by atoms with Gasteiger partial charge in [-0.2, -0.15) is 0 Å². The fourth-order valence-corrected chi connectivity index (χ4v) is 5.70. The number of aromatic nitrogens is 1. The van der Waals surface area contributed by atoms with Gasteiger partial charge in [0.2, 0.25) is 0 Å². The van der Waals surface area contributed by atoms with Gasteiger partial charge in [-0.15, -0.1) is 11.3 Å². The summed E-state index contributed by atoms with van der Waals surface area (Å²) in [5.74, 6) is -2.62. The van der Waals surface area contributed by atoms with Crippen molar-refractivity contribution in [2.75, 3.05) is 32.2 Å². The van der Waals surface area contributed by atoms with Crippen LogP contribution < -0.4 is 5.32 Å². The number of hydrogen-bond donors (Lipinski definition) is 1. The number of para-hydroxylation sites is 1. The third-order valence-corrected chi connectivity index (χ3v) is 7.78. The summed E-state index contributed by atoms with van der Waals surface area (Å²) in [5, 5.41) is 3.36.